The van der Waals surface area contributed by atoms with E-state index in [2.05, 4.69) is 30.4 Å². The Kier molecular flexibility index (Phi) is 5.67. The van der Waals surface area contributed by atoms with Gasteiger partial charge in [-0.3, -0.25) is 0 Å². The molecule has 2 rings (SSSR count). The summed E-state index contributed by atoms with van der Waals surface area (Å²) in [5.41, 5.74) is 2.76. The first-order valence-corrected chi connectivity index (χ1v) is 7.33. The average Bonchev–Trinajstić information content (AvgIpc) is 2.90. The Bertz CT molecular complexity index is 392. The minimum Gasteiger partial charge on any atom is -0.493 e. The van der Waals surface area contributed by atoms with Gasteiger partial charge in [0.15, 0.2) is 0 Å². The summed E-state index contributed by atoms with van der Waals surface area (Å²) in [5, 5.41) is 3.33. The van der Waals surface area contributed by atoms with Crippen molar-refractivity contribution in [3.05, 3.63) is 29.3 Å². The van der Waals surface area contributed by atoms with E-state index in [9.17, 15) is 0 Å². The molecule has 0 saturated heterocycles. The summed E-state index contributed by atoms with van der Waals surface area (Å²) in [7, 11) is 2.01. The molecule has 3 nitrogen and oxygen atoms in total. The first-order valence-electron chi connectivity index (χ1n) is 7.33. The maximum atomic E-state index is 5.62. The first-order chi connectivity index (χ1) is 9.33. The van der Waals surface area contributed by atoms with Gasteiger partial charge < -0.3 is 14.8 Å². The second-order valence-corrected chi connectivity index (χ2v) is 5.14. The van der Waals surface area contributed by atoms with Crippen LogP contribution in [0.5, 0.6) is 5.75 Å². The summed E-state index contributed by atoms with van der Waals surface area (Å²) in [5.74, 6) is 1.07. The average molecular weight is 263 g/mol. The summed E-state index contributed by atoms with van der Waals surface area (Å²) >= 11 is 0. The molecule has 1 aliphatic rings. The van der Waals surface area contributed by atoms with Gasteiger partial charge in [0.05, 0.1) is 13.2 Å². The van der Waals surface area contributed by atoms with E-state index in [1.54, 1.807) is 0 Å². The van der Waals surface area contributed by atoms with Gasteiger partial charge in [-0.1, -0.05) is 19.1 Å². The fourth-order valence-corrected chi connectivity index (χ4v) is 2.42. The highest BCUT2D eigenvalue weighted by Crippen LogP contribution is 2.26. The van der Waals surface area contributed by atoms with Gasteiger partial charge >= 0.3 is 0 Å². The minimum absolute atomic E-state index is 0.441. The number of hydrogen-bond acceptors (Lipinski definition) is 3. The predicted octanol–water partition coefficient (Wildman–Crippen LogP) is 2.57. The third-order valence-electron chi connectivity index (χ3n) is 3.61. The number of nitrogens with one attached hydrogen (secondary N) is 1. The molecule has 1 atom stereocenters. The van der Waals surface area contributed by atoms with Crippen molar-refractivity contribution in [2.75, 3.05) is 26.9 Å². The van der Waals surface area contributed by atoms with E-state index in [0.717, 1.165) is 51.3 Å². The Labute approximate surface area is 116 Å². The molecule has 1 unspecified atom stereocenters. The number of aryl methyl sites for hydroxylation is 1. The van der Waals surface area contributed by atoms with Gasteiger partial charge in [-0.15, -0.1) is 0 Å². The quantitative estimate of drug-likeness (QED) is 0.731. The lowest BCUT2D eigenvalue weighted by Crippen LogP contribution is -2.31. The maximum absolute atomic E-state index is 5.62. The van der Waals surface area contributed by atoms with Crippen molar-refractivity contribution in [3.8, 4) is 5.75 Å². The first kappa shape index (κ1) is 14.4. The Balaban J connectivity index is 1.80. The molecule has 0 aromatic heterocycles. The molecule has 0 amide bonds. The second-order valence-electron chi connectivity index (χ2n) is 5.14. The Morgan fingerprint density at radius 2 is 2.32 bits per heavy atom. The highest BCUT2D eigenvalue weighted by molar-refractivity contribution is 5.39. The van der Waals surface area contributed by atoms with Gasteiger partial charge in [-0.2, -0.15) is 0 Å². The molecule has 1 aliphatic heterocycles. The number of ether oxygens (including phenoxy) is 2. The van der Waals surface area contributed by atoms with Crippen LogP contribution in [0.15, 0.2) is 18.2 Å². The molecular weight excluding hydrogens is 238 g/mol. The topological polar surface area (TPSA) is 30.5 Å². The lowest BCUT2D eigenvalue weighted by Gasteiger charge is -2.16. The second kappa shape index (κ2) is 7.51. The number of benzene rings is 1. The number of likely N-dealkylation sites (N-methyl/N-ethyl adjacent to an activating group) is 1. The van der Waals surface area contributed by atoms with E-state index in [1.807, 2.05) is 7.05 Å². The van der Waals surface area contributed by atoms with Crippen LogP contribution in [0, 0.1) is 0 Å². The van der Waals surface area contributed by atoms with Crippen molar-refractivity contribution in [2.24, 2.45) is 0 Å². The van der Waals surface area contributed by atoms with Crippen molar-refractivity contribution in [3.63, 3.8) is 0 Å². The fourth-order valence-electron chi connectivity index (χ4n) is 2.42. The van der Waals surface area contributed by atoms with Crippen LogP contribution >= 0.6 is 0 Å². The highest BCUT2D eigenvalue weighted by atomic mass is 16.5. The van der Waals surface area contributed by atoms with Crippen LogP contribution < -0.4 is 10.1 Å². The molecule has 0 bridgehead atoms. The SMILES string of the molecule is CCCOCC(CCc1ccc2c(c1)CCO2)NC. The van der Waals surface area contributed by atoms with E-state index >= 15 is 0 Å². The van der Waals surface area contributed by atoms with Crippen molar-refractivity contribution in [1.29, 1.82) is 0 Å². The molecule has 1 aromatic carbocycles. The summed E-state index contributed by atoms with van der Waals surface area (Å²) in [4.78, 5) is 0. The zero-order chi connectivity index (χ0) is 13.5. The monoisotopic (exact) mass is 263 g/mol. The minimum atomic E-state index is 0.441. The van der Waals surface area contributed by atoms with Crippen LogP contribution in [0.3, 0.4) is 0 Å². The van der Waals surface area contributed by atoms with Gasteiger partial charge in [-0.25, -0.2) is 0 Å². The van der Waals surface area contributed by atoms with Gasteiger partial charge in [0.25, 0.3) is 0 Å². The summed E-state index contributed by atoms with van der Waals surface area (Å²) in [6.45, 7) is 4.64. The number of fused-ring (bicyclic) bond motifs is 1. The molecule has 0 radical (unpaired) electrons. The standard InChI is InChI=1S/C16H25NO2/c1-3-9-18-12-15(17-2)6-4-13-5-7-16-14(11-13)8-10-19-16/h5,7,11,15,17H,3-4,6,8-10,12H2,1-2H3. The van der Waals surface area contributed by atoms with Gasteiger partial charge in [0.2, 0.25) is 0 Å². The molecule has 1 N–H and O–H groups in total. The lowest BCUT2D eigenvalue weighted by molar-refractivity contribution is 0.111. The Morgan fingerprint density at radius 3 is 3.11 bits per heavy atom. The van der Waals surface area contributed by atoms with E-state index in [0.29, 0.717) is 6.04 Å². The van der Waals surface area contributed by atoms with Crippen molar-refractivity contribution >= 4 is 0 Å². The molecule has 19 heavy (non-hydrogen) atoms. The molecule has 0 spiro atoms. The molecule has 106 valence electrons. The summed E-state index contributed by atoms with van der Waals surface area (Å²) in [6.07, 6.45) is 4.34. The van der Waals surface area contributed by atoms with E-state index in [-0.39, 0.29) is 0 Å². The van der Waals surface area contributed by atoms with Crippen molar-refractivity contribution < 1.29 is 9.47 Å². The molecule has 0 aliphatic carbocycles. The molecular formula is C16H25NO2. The number of rotatable bonds is 8. The predicted molar refractivity (Wildman–Crippen MR) is 77.9 cm³/mol. The smallest absolute Gasteiger partial charge is 0.122 e. The van der Waals surface area contributed by atoms with Crippen LogP contribution in [0.2, 0.25) is 0 Å². The zero-order valence-electron chi connectivity index (χ0n) is 12.1. The number of hydrogen-bond donors (Lipinski definition) is 1. The van der Waals surface area contributed by atoms with Gasteiger partial charge in [0.1, 0.15) is 5.75 Å². The van der Waals surface area contributed by atoms with Crippen LogP contribution in [-0.4, -0.2) is 32.9 Å². The van der Waals surface area contributed by atoms with Gasteiger partial charge in [0, 0.05) is 19.1 Å². The summed E-state index contributed by atoms with van der Waals surface area (Å²) < 4.78 is 11.1. The zero-order valence-corrected chi connectivity index (χ0v) is 12.1. The Morgan fingerprint density at radius 1 is 1.42 bits per heavy atom. The summed E-state index contributed by atoms with van der Waals surface area (Å²) in [6, 6.07) is 7.03. The van der Waals surface area contributed by atoms with Gasteiger partial charge in [-0.05, 0) is 43.5 Å². The molecule has 1 aromatic rings. The highest BCUT2D eigenvalue weighted by Gasteiger charge is 2.13. The normalized spacial score (nSPS) is 15.1. The fraction of sp³-hybridized carbons (Fsp3) is 0.625. The Hall–Kier alpha value is -1.06. The third kappa shape index (κ3) is 4.22. The van der Waals surface area contributed by atoms with Crippen LogP contribution in [0.4, 0.5) is 0 Å². The van der Waals surface area contributed by atoms with E-state index < -0.39 is 0 Å². The molecule has 1 heterocycles. The van der Waals surface area contributed by atoms with Crippen molar-refractivity contribution in [2.45, 2.75) is 38.6 Å². The van der Waals surface area contributed by atoms with E-state index in [1.165, 1.54) is 11.1 Å². The van der Waals surface area contributed by atoms with Crippen LogP contribution in [0.25, 0.3) is 0 Å². The molecule has 0 fully saturated rings. The lowest BCUT2D eigenvalue weighted by atomic mass is 10.0. The third-order valence-corrected chi connectivity index (χ3v) is 3.61. The molecule has 0 saturated carbocycles. The maximum Gasteiger partial charge on any atom is 0.122 e. The van der Waals surface area contributed by atoms with Crippen LogP contribution in [0.1, 0.15) is 30.9 Å². The van der Waals surface area contributed by atoms with Crippen LogP contribution in [-0.2, 0) is 17.6 Å². The van der Waals surface area contributed by atoms with Crippen molar-refractivity contribution in [1.82, 2.24) is 5.32 Å². The molecule has 3 heteroatoms. The largest absolute Gasteiger partial charge is 0.493 e. The van der Waals surface area contributed by atoms with E-state index in [4.69, 9.17) is 9.47 Å².